The highest BCUT2D eigenvalue weighted by molar-refractivity contribution is 6.17. The van der Waals surface area contributed by atoms with E-state index in [9.17, 15) is 10.1 Å². The molecule has 0 unspecified atom stereocenters. The zero-order chi connectivity index (χ0) is 15.4. The van der Waals surface area contributed by atoms with Gasteiger partial charge in [0.2, 0.25) is 0 Å². The van der Waals surface area contributed by atoms with Crippen LogP contribution in [-0.2, 0) is 12.5 Å². The summed E-state index contributed by atoms with van der Waals surface area (Å²) in [5.41, 5.74) is 3.91. The number of aryl methyl sites for hydroxylation is 2. The van der Waals surface area contributed by atoms with Gasteiger partial charge in [-0.3, -0.25) is 10.1 Å². The number of nitro benzene ring substituents is 1. The SMILES string of the molecule is Cc1cc(CCl)cc(C)c1OCc1cccc([N+](=O)[O-])c1. The Balaban J connectivity index is 2.17. The molecule has 0 radical (unpaired) electrons. The minimum absolute atomic E-state index is 0.0713. The van der Waals surface area contributed by atoms with Crippen molar-refractivity contribution in [1.29, 1.82) is 0 Å². The summed E-state index contributed by atoms with van der Waals surface area (Å²) in [6.45, 7) is 4.22. The van der Waals surface area contributed by atoms with E-state index in [0.29, 0.717) is 12.5 Å². The third-order valence-electron chi connectivity index (χ3n) is 3.18. The van der Waals surface area contributed by atoms with E-state index in [1.54, 1.807) is 6.07 Å². The molecule has 0 bridgehead atoms. The van der Waals surface area contributed by atoms with Crippen molar-refractivity contribution >= 4 is 17.3 Å². The first-order valence-electron chi connectivity index (χ1n) is 6.53. The lowest BCUT2D eigenvalue weighted by Gasteiger charge is -2.13. The third-order valence-corrected chi connectivity index (χ3v) is 3.49. The highest BCUT2D eigenvalue weighted by Crippen LogP contribution is 2.26. The smallest absolute Gasteiger partial charge is 0.269 e. The first-order chi connectivity index (χ1) is 10.0. The van der Waals surface area contributed by atoms with Crippen LogP contribution in [-0.4, -0.2) is 4.92 Å². The largest absolute Gasteiger partial charge is 0.488 e. The second kappa shape index (κ2) is 6.59. The quantitative estimate of drug-likeness (QED) is 0.463. The summed E-state index contributed by atoms with van der Waals surface area (Å²) >= 11 is 5.84. The molecule has 4 nitrogen and oxygen atoms in total. The Morgan fingerprint density at radius 1 is 1.14 bits per heavy atom. The monoisotopic (exact) mass is 305 g/mol. The fourth-order valence-corrected chi connectivity index (χ4v) is 2.41. The average Bonchev–Trinajstić information content (AvgIpc) is 2.46. The minimum atomic E-state index is -0.407. The van der Waals surface area contributed by atoms with Crippen LogP contribution >= 0.6 is 11.6 Å². The maximum atomic E-state index is 10.8. The minimum Gasteiger partial charge on any atom is -0.488 e. The molecular formula is C16H16ClNO3. The highest BCUT2D eigenvalue weighted by atomic mass is 35.5. The van der Waals surface area contributed by atoms with E-state index in [1.807, 2.05) is 32.0 Å². The number of hydrogen-bond donors (Lipinski definition) is 0. The van der Waals surface area contributed by atoms with E-state index >= 15 is 0 Å². The van der Waals surface area contributed by atoms with Gasteiger partial charge in [-0.2, -0.15) is 0 Å². The number of hydrogen-bond acceptors (Lipinski definition) is 3. The van der Waals surface area contributed by atoms with Crippen LogP contribution in [0.4, 0.5) is 5.69 Å². The van der Waals surface area contributed by atoms with Gasteiger partial charge in [-0.25, -0.2) is 0 Å². The van der Waals surface area contributed by atoms with Gasteiger partial charge in [-0.1, -0.05) is 24.3 Å². The maximum absolute atomic E-state index is 10.8. The van der Waals surface area contributed by atoms with Crippen molar-refractivity contribution in [1.82, 2.24) is 0 Å². The second-order valence-electron chi connectivity index (χ2n) is 4.91. The number of ether oxygens (including phenoxy) is 1. The Kier molecular flexibility index (Phi) is 4.81. The molecule has 0 aromatic heterocycles. The van der Waals surface area contributed by atoms with Gasteiger partial charge in [0.1, 0.15) is 12.4 Å². The molecule has 0 fully saturated rings. The third kappa shape index (κ3) is 3.73. The van der Waals surface area contributed by atoms with Crippen molar-refractivity contribution in [2.45, 2.75) is 26.3 Å². The van der Waals surface area contributed by atoms with Crippen molar-refractivity contribution in [2.24, 2.45) is 0 Å². The molecule has 2 aromatic rings. The molecule has 0 spiro atoms. The van der Waals surface area contributed by atoms with E-state index in [0.717, 1.165) is 28.0 Å². The summed E-state index contributed by atoms with van der Waals surface area (Å²) in [7, 11) is 0. The van der Waals surface area contributed by atoms with E-state index in [-0.39, 0.29) is 5.69 Å². The lowest BCUT2D eigenvalue weighted by Crippen LogP contribution is -2.00. The zero-order valence-electron chi connectivity index (χ0n) is 11.9. The van der Waals surface area contributed by atoms with Crippen LogP contribution in [0.3, 0.4) is 0 Å². The predicted molar refractivity (Wildman–Crippen MR) is 82.9 cm³/mol. The molecule has 110 valence electrons. The van der Waals surface area contributed by atoms with Crippen molar-refractivity contribution in [3.05, 3.63) is 68.8 Å². The predicted octanol–water partition coefficient (Wildman–Crippen LogP) is 4.53. The van der Waals surface area contributed by atoms with E-state index in [2.05, 4.69) is 0 Å². The lowest BCUT2D eigenvalue weighted by molar-refractivity contribution is -0.384. The summed E-state index contributed by atoms with van der Waals surface area (Å²) < 4.78 is 5.82. The molecule has 0 heterocycles. The molecule has 0 N–H and O–H groups in total. The number of rotatable bonds is 5. The van der Waals surface area contributed by atoms with Gasteiger partial charge in [0.05, 0.1) is 4.92 Å². The molecule has 0 saturated carbocycles. The van der Waals surface area contributed by atoms with E-state index < -0.39 is 4.92 Å². The molecule has 5 heteroatoms. The number of nitro groups is 1. The first kappa shape index (κ1) is 15.3. The molecule has 0 aliphatic rings. The second-order valence-corrected chi connectivity index (χ2v) is 5.18. The number of halogens is 1. The zero-order valence-corrected chi connectivity index (χ0v) is 12.7. The lowest BCUT2D eigenvalue weighted by atomic mass is 10.1. The van der Waals surface area contributed by atoms with Crippen LogP contribution < -0.4 is 4.74 Å². The molecule has 0 amide bonds. The van der Waals surface area contributed by atoms with Gasteiger partial charge >= 0.3 is 0 Å². The fourth-order valence-electron chi connectivity index (χ4n) is 2.26. The van der Waals surface area contributed by atoms with Gasteiger partial charge in [0, 0.05) is 18.0 Å². The molecule has 2 rings (SSSR count). The molecule has 2 aromatic carbocycles. The van der Waals surface area contributed by atoms with E-state index in [4.69, 9.17) is 16.3 Å². The van der Waals surface area contributed by atoms with Crippen LogP contribution in [0.25, 0.3) is 0 Å². The number of benzene rings is 2. The van der Waals surface area contributed by atoms with Gasteiger partial charge in [0.25, 0.3) is 5.69 Å². The van der Waals surface area contributed by atoms with Crippen molar-refractivity contribution in [3.8, 4) is 5.75 Å². The Morgan fingerprint density at radius 2 is 1.81 bits per heavy atom. The van der Waals surface area contributed by atoms with Crippen LogP contribution in [0.1, 0.15) is 22.3 Å². The molecule has 0 saturated heterocycles. The normalized spacial score (nSPS) is 10.4. The Labute approximate surface area is 128 Å². The first-order valence-corrected chi connectivity index (χ1v) is 7.07. The molecule has 0 atom stereocenters. The number of alkyl halides is 1. The maximum Gasteiger partial charge on any atom is 0.269 e. The van der Waals surface area contributed by atoms with Crippen LogP contribution in [0.2, 0.25) is 0 Å². The van der Waals surface area contributed by atoms with Crippen molar-refractivity contribution in [3.63, 3.8) is 0 Å². The van der Waals surface area contributed by atoms with Gasteiger partial charge in [-0.15, -0.1) is 11.6 Å². The molecular weight excluding hydrogens is 290 g/mol. The topological polar surface area (TPSA) is 52.4 Å². The number of non-ortho nitro benzene ring substituents is 1. The summed E-state index contributed by atoms with van der Waals surface area (Å²) in [6.07, 6.45) is 0. The van der Waals surface area contributed by atoms with Gasteiger partial charge in [-0.05, 0) is 36.1 Å². The Bertz CT molecular complexity index is 647. The number of nitrogens with zero attached hydrogens (tertiary/aromatic N) is 1. The summed E-state index contributed by atoms with van der Waals surface area (Å²) in [4.78, 5) is 10.4. The van der Waals surface area contributed by atoms with Gasteiger partial charge in [0.15, 0.2) is 0 Å². The molecule has 0 aliphatic heterocycles. The van der Waals surface area contributed by atoms with Crippen LogP contribution in [0.15, 0.2) is 36.4 Å². The summed E-state index contributed by atoms with van der Waals surface area (Å²) in [5, 5.41) is 10.8. The van der Waals surface area contributed by atoms with E-state index in [1.165, 1.54) is 12.1 Å². The Hall–Kier alpha value is -2.07. The van der Waals surface area contributed by atoms with Crippen molar-refractivity contribution in [2.75, 3.05) is 0 Å². The highest BCUT2D eigenvalue weighted by Gasteiger charge is 2.09. The Morgan fingerprint density at radius 3 is 2.38 bits per heavy atom. The van der Waals surface area contributed by atoms with Crippen LogP contribution in [0.5, 0.6) is 5.75 Å². The summed E-state index contributed by atoms with van der Waals surface area (Å²) in [6, 6.07) is 10.4. The fraction of sp³-hybridized carbons (Fsp3) is 0.250. The molecule has 21 heavy (non-hydrogen) atoms. The molecule has 0 aliphatic carbocycles. The van der Waals surface area contributed by atoms with Crippen molar-refractivity contribution < 1.29 is 9.66 Å². The van der Waals surface area contributed by atoms with Gasteiger partial charge < -0.3 is 4.74 Å². The summed E-state index contributed by atoms with van der Waals surface area (Å²) in [5.74, 6) is 1.27. The standard InChI is InChI=1S/C16H16ClNO3/c1-11-6-14(9-17)7-12(2)16(11)21-10-13-4-3-5-15(8-13)18(19)20/h3-8H,9-10H2,1-2H3. The average molecular weight is 306 g/mol. The van der Waals surface area contributed by atoms with Crippen LogP contribution in [0, 0.1) is 24.0 Å².